The first-order valence-electron chi connectivity index (χ1n) is 10.6. The van der Waals surface area contributed by atoms with Crippen molar-refractivity contribution in [3.05, 3.63) is 29.8 Å². The molecule has 1 saturated heterocycles. The summed E-state index contributed by atoms with van der Waals surface area (Å²) in [5, 5.41) is 7.12. The molecule has 0 aliphatic carbocycles. The van der Waals surface area contributed by atoms with Crippen LogP contribution in [0.3, 0.4) is 0 Å². The van der Waals surface area contributed by atoms with Gasteiger partial charge in [0.05, 0.1) is 6.04 Å². The first-order chi connectivity index (χ1) is 13.0. The second kappa shape index (κ2) is 8.96. The zero-order valence-electron chi connectivity index (χ0n) is 17.4. The lowest BCUT2D eigenvalue weighted by Crippen LogP contribution is -2.45. The molecule has 2 atom stereocenters. The molecule has 0 radical (unpaired) electrons. The summed E-state index contributed by atoms with van der Waals surface area (Å²) in [6, 6.07) is 8.56. The average Bonchev–Trinajstić information content (AvgIpc) is 2.65. The van der Waals surface area contributed by atoms with E-state index in [9.17, 15) is 0 Å². The number of nitrogens with one attached hydrogen (secondary N) is 2. The Hall–Kier alpha value is -1.75. The van der Waals surface area contributed by atoms with Crippen molar-refractivity contribution in [2.45, 2.75) is 58.6 Å². The van der Waals surface area contributed by atoms with E-state index >= 15 is 0 Å². The van der Waals surface area contributed by atoms with Gasteiger partial charge in [-0.25, -0.2) is 0 Å². The quantitative estimate of drug-likeness (QED) is 0.613. The van der Waals surface area contributed by atoms with Crippen LogP contribution in [0.4, 0.5) is 0 Å². The predicted octanol–water partition coefficient (Wildman–Crippen LogP) is 3.58. The van der Waals surface area contributed by atoms with Gasteiger partial charge in [0.15, 0.2) is 5.96 Å². The number of rotatable bonds is 5. The minimum atomic E-state index is -0.186. The molecule has 1 aromatic rings. The highest BCUT2D eigenvalue weighted by atomic mass is 16.5. The standard InChI is InChI=1S/C22H36N4O/c1-5-23-21(24-15-17-10-9-13-26(6-2)16-17)25-19-14-22(3,4)27-20-12-8-7-11-18(19)20/h7-8,11-12,17,19H,5-6,9-10,13-16H2,1-4H3,(H2,23,24,25). The van der Waals surface area contributed by atoms with E-state index in [4.69, 9.17) is 9.73 Å². The second-order valence-corrected chi connectivity index (χ2v) is 8.42. The van der Waals surface area contributed by atoms with E-state index in [0.29, 0.717) is 5.92 Å². The number of piperidine rings is 1. The van der Waals surface area contributed by atoms with Crippen LogP contribution >= 0.6 is 0 Å². The van der Waals surface area contributed by atoms with Gasteiger partial charge in [-0.05, 0) is 58.7 Å². The average molecular weight is 373 g/mol. The molecular weight excluding hydrogens is 336 g/mol. The van der Waals surface area contributed by atoms with Gasteiger partial charge in [0.2, 0.25) is 0 Å². The lowest BCUT2D eigenvalue weighted by molar-refractivity contribution is 0.0694. The van der Waals surface area contributed by atoms with E-state index < -0.39 is 0 Å². The summed E-state index contributed by atoms with van der Waals surface area (Å²) in [5.74, 6) is 2.56. The van der Waals surface area contributed by atoms with Crippen LogP contribution in [0.5, 0.6) is 5.75 Å². The number of aliphatic imine (C=N–C) groups is 1. The normalized spacial score (nSPS) is 25.4. The summed E-state index contributed by atoms with van der Waals surface area (Å²) >= 11 is 0. The minimum absolute atomic E-state index is 0.186. The van der Waals surface area contributed by atoms with Gasteiger partial charge >= 0.3 is 0 Å². The zero-order valence-corrected chi connectivity index (χ0v) is 17.4. The Morgan fingerprint density at radius 2 is 2.11 bits per heavy atom. The molecule has 0 amide bonds. The number of ether oxygens (including phenoxy) is 1. The van der Waals surface area contributed by atoms with Gasteiger partial charge in [0.1, 0.15) is 11.4 Å². The van der Waals surface area contributed by atoms with E-state index in [0.717, 1.165) is 37.8 Å². The van der Waals surface area contributed by atoms with Gasteiger partial charge in [-0.2, -0.15) is 0 Å². The number of para-hydroxylation sites is 1. The molecule has 5 nitrogen and oxygen atoms in total. The van der Waals surface area contributed by atoms with E-state index in [-0.39, 0.29) is 11.6 Å². The van der Waals surface area contributed by atoms with E-state index in [1.807, 2.05) is 6.07 Å². The highest BCUT2D eigenvalue weighted by Gasteiger charge is 2.34. The van der Waals surface area contributed by atoms with Gasteiger partial charge < -0.3 is 20.3 Å². The van der Waals surface area contributed by atoms with Gasteiger partial charge in [-0.15, -0.1) is 0 Å². The fraction of sp³-hybridized carbons (Fsp3) is 0.682. The molecule has 0 saturated carbocycles. The SMILES string of the molecule is CCNC(=NCC1CCCN(CC)C1)NC1CC(C)(C)Oc2ccccc21. The molecule has 1 aromatic carbocycles. The summed E-state index contributed by atoms with van der Waals surface area (Å²) in [7, 11) is 0. The number of nitrogens with zero attached hydrogens (tertiary/aromatic N) is 2. The number of fused-ring (bicyclic) bond motifs is 1. The molecule has 5 heteroatoms. The number of guanidine groups is 1. The van der Waals surface area contributed by atoms with Crippen LogP contribution in [0.25, 0.3) is 0 Å². The van der Waals surface area contributed by atoms with Crippen molar-refractivity contribution in [3.63, 3.8) is 0 Å². The molecule has 3 rings (SSSR count). The molecule has 0 spiro atoms. The van der Waals surface area contributed by atoms with Crippen LogP contribution in [-0.2, 0) is 0 Å². The van der Waals surface area contributed by atoms with E-state index in [2.05, 4.69) is 61.4 Å². The number of likely N-dealkylation sites (tertiary alicyclic amines) is 1. The van der Waals surface area contributed by atoms with Gasteiger partial charge in [0.25, 0.3) is 0 Å². The van der Waals surface area contributed by atoms with Crippen molar-refractivity contribution in [3.8, 4) is 5.75 Å². The maximum Gasteiger partial charge on any atom is 0.191 e. The summed E-state index contributed by atoms with van der Waals surface area (Å²) < 4.78 is 6.16. The van der Waals surface area contributed by atoms with Crippen LogP contribution < -0.4 is 15.4 Å². The number of hydrogen-bond acceptors (Lipinski definition) is 3. The summed E-state index contributed by atoms with van der Waals surface area (Å²) in [6.07, 6.45) is 3.49. The maximum atomic E-state index is 6.16. The van der Waals surface area contributed by atoms with E-state index in [1.54, 1.807) is 0 Å². The third kappa shape index (κ3) is 5.38. The maximum absolute atomic E-state index is 6.16. The highest BCUT2D eigenvalue weighted by Crippen LogP contribution is 2.39. The first-order valence-corrected chi connectivity index (χ1v) is 10.6. The van der Waals surface area contributed by atoms with Crippen molar-refractivity contribution in [2.75, 3.05) is 32.7 Å². The number of benzene rings is 1. The summed E-state index contributed by atoms with van der Waals surface area (Å²) in [6.45, 7) is 14.0. The third-order valence-corrected chi connectivity index (χ3v) is 5.59. The van der Waals surface area contributed by atoms with Crippen LogP contribution in [0.2, 0.25) is 0 Å². The molecule has 2 unspecified atom stereocenters. The molecule has 27 heavy (non-hydrogen) atoms. The summed E-state index contributed by atoms with van der Waals surface area (Å²) in [4.78, 5) is 7.49. The van der Waals surface area contributed by atoms with Crippen molar-refractivity contribution < 1.29 is 4.74 Å². The fourth-order valence-corrected chi connectivity index (χ4v) is 4.22. The monoisotopic (exact) mass is 372 g/mol. The van der Waals surface area contributed by atoms with Crippen LogP contribution in [0.1, 0.15) is 58.6 Å². The molecule has 150 valence electrons. The Morgan fingerprint density at radius 3 is 2.89 bits per heavy atom. The molecule has 2 heterocycles. The Balaban J connectivity index is 1.70. The Bertz CT molecular complexity index is 643. The van der Waals surface area contributed by atoms with Crippen LogP contribution in [0, 0.1) is 5.92 Å². The molecule has 0 bridgehead atoms. The fourth-order valence-electron chi connectivity index (χ4n) is 4.22. The molecule has 1 fully saturated rings. The topological polar surface area (TPSA) is 48.9 Å². The minimum Gasteiger partial charge on any atom is -0.487 e. The van der Waals surface area contributed by atoms with Gasteiger partial charge in [-0.1, -0.05) is 25.1 Å². The van der Waals surface area contributed by atoms with Crippen molar-refractivity contribution in [1.29, 1.82) is 0 Å². The van der Waals surface area contributed by atoms with Crippen LogP contribution in [-0.4, -0.2) is 49.2 Å². The van der Waals surface area contributed by atoms with Gasteiger partial charge in [-0.3, -0.25) is 4.99 Å². The largest absolute Gasteiger partial charge is 0.487 e. The Kier molecular flexibility index (Phi) is 6.64. The third-order valence-electron chi connectivity index (χ3n) is 5.59. The van der Waals surface area contributed by atoms with E-state index in [1.165, 1.54) is 31.5 Å². The smallest absolute Gasteiger partial charge is 0.191 e. The van der Waals surface area contributed by atoms with Crippen LogP contribution in [0.15, 0.2) is 29.3 Å². The van der Waals surface area contributed by atoms with Gasteiger partial charge in [0, 0.05) is 31.6 Å². The predicted molar refractivity (Wildman–Crippen MR) is 112 cm³/mol. The lowest BCUT2D eigenvalue weighted by atomic mass is 9.90. The Morgan fingerprint density at radius 1 is 1.30 bits per heavy atom. The second-order valence-electron chi connectivity index (χ2n) is 8.42. The molecule has 2 aliphatic rings. The molecule has 0 aromatic heterocycles. The van der Waals surface area contributed by atoms with Crippen molar-refractivity contribution in [1.82, 2.24) is 15.5 Å². The van der Waals surface area contributed by atoms with Crippen molar-refractivity contribution in [2.24, 2.45) is 10.9 Å². The van der Waals surface area contributed by atoms with Crippen molar-refractivity contribution >= 4 is 5.96 Å². The molecular formula is C22H36N4O. The Labute approximate surface area is 164 Å². The summed E-state index contributed by atoms with van der Waals surface area (Å²) in [5.41, 5.74) is 1.03. The number of hydrogen-bond donors (Lipinski definition) is 2. The lowest BCUT2D eigenvalue weighted by Gasteiger charge is -2.38. The zero-order chi connectivity index (χ0) is 19.3. The molecule has 2 aliphatic heterocycles. The highest BCUT2D eigenvalue weighted by molar-refractivity contribution is 5.80. The molecule has 2 N–H and O–H groups in total. The first kappa shape index (κ1) is 20.0.